The van der Waals surface area contributed by atoms with Crippen molar-refractivity contribution in [2.75, 3.05) is 11.5 Å². The average Bonchev–Trinajstić information content (AvgIpc) is 2.53. The van der Waals surface area contributed by atoms with Crippen LogP contribution in [0.2, 0.25) is 0 Å². The molecule has 1 aromatic rings. The molecule has 1 N–H and O–H groups in total. The minimum atomic E-state index is -3.02. The average molecular weight is 332 g/mol. The quantitative estimate of drug-likeness (QED) is 0.898. The van der Waals surface area contributed by atoms with Crippen LogP contribution in [0.4, 0.5) is 0 Å². The van der Waals surface area contributed by atoms with Gasteiger partial charge in [0.2, 0.25) is 0 Å². The fraction of sp³-hybridized carbons (Fsp3) is 0.417. The lowest BCUT2D eigenvalue weighted by atomic mass is 10.0. The second kappa shape index (κ2) is 4.66. The summed E-state index contributed by atoms with van der Waals surface area (Å²) in [4.78, 5) is 12.1. The van der Waals surface area contributed by atoms with E-state index in [1.807, 2.05) is 6.07 Å². The molecule has 6 heteroatoms. The van der Waals surface area contributed by atoms with Crippen LogP contribution in [0.3, 0.4) is 0 Å². The van der Waals surface area contributed by atoms with E-state index >= 15 is 0 Å². The van der Waals surface area contributed by atoms with Crippen molar-refractivity contribution in [1.82, 2.24) is 5.32 Å². The smallest absolute Gasteiger partial charge is 0.252 e. The molecule has 0 unspecified atom stereocenters. The Bertz CT molecular complexity index is 585. The maximum absolute atomic E-state index is 12.1. The van der Waals surface area contributed by atoms with Gasteiger partial charge in [-0.3, -0.25) is 4.79 Å². The molecule has 1 atom stereocenters. The molecule has 2 rings (SSSR count). The van der Waals surface area contributed by atoms with Crippen LogP contribution in [0, 0.1) is 0 Å². The predicted molar refractivity (Wildman–Crippen MR) is 73.3 cm³/mol. The minimum absolute atomic E-state index is 0.0101. The zero-order chi connectivity index (χ0) is 13.4. The molecule has 1 amide bonds. The molecule has 1 saturated heterocycles. The highest BCUT2D eigenvalue weighted by Gasteiger charge is 2.39. The zero-order valence-corrected chi connectivity index (χ0v) is 12.3. The maximum Gasteiger partial charge on any atom is 0.252 e. The Morgan fingerprint density at radius 3 is 2.61 bits per heavy atom. The summed E-state index contributed by atoms with van der Waals surface area (Å²) < 4.78 is 23.6. The first-order valence-electron chi connectivity index (χ1n) is 5.59. The molecule has 1 aromatic carbocycles. The van der Waals surface area contributed by atoms with Crippen LogP contribution in [0.25, 0.3) is 0 Å². The number of halogens is 1. The molecular formula is C12H14BrNO3S. The van der Waals surface area contributed by atoms with Crippen LogP contribution in [-0.4, -0.2) is 31.4 Å². The molecule has 0 aromatic heterocycles. The van der Waals surface area contributed by atoms with Crippen molar-refractivity contribution in [3.63, 3.8) is 0 Å². The third kappa shape index (κ3) is 2.92. The third-order valence-electron chi connectivity index (χ3n) is 3.04. The van der Waals surface area contributed by atoms with Crippen molar-refractivity contribution >= 4 is 31.7 Å². The van der Waals surface area contributed by atoms with Gasteiger partial charge in [-0.05, 0) is 41.4 Å². The summed E-state index contributed by atoms with van der Waals surface area (Å²) in [5.74, 6) is -0.0993. The highest BCUT2D eigenvalue weighted by Crippen LogP contribution is 2.24. The SMILES string of the molecule is C[C@@]1(NC(=O)c2ccccc2Br)CCS(=O)(=O)C1. The van der Waals surface area contributed by atoms with Crippen molar-refractivity contribution < 1.29 is 13.2 Å². The molecule has 18 heavy (non-hydrogen) atoms. The highest BCUT2D eigenvalue weighted by molar-refractivity contribution is 9.10. The van der Waals surface area contributed by atoms with E-state index in [-0.39, 0.29) is 17.4 Å². The lowest BCUT2D eigenvalue weighted by Gasteiger charge is -2.24. The summed E-state index contributed by atoms with van der Waals surface area (Å²) in [6.45, 7) is 1.77. The molecule has 0 radical (unpaired) electrons. The number of benzene rings is 1. The molecule has 98 valence electrons. The Morgan fingerprint density at radius 2 is 2.06 bits per heavy atom. The molecular weight excluding hydrogens is 318 g/mol. The van der Waals surface area contributed by atoms with Crippen LogP contribution >= 0.6 is 15.9 Å². The van der Waals surface area contributed by atoms with E-state index in [9.17, 15) is 13.2 Å². The summed E-state index contributed by atoms with van der Waals surface area (Å²) in [5.41, 5.74) is -0.145. The van der Waals surface area contributed by atoms with E-state index in [1.165, 1.54) is 0 Å². The zero-order valence-electron chi connectivity index (χ0n) is 9.94. The Balaban J connectivity index is 2.16. The van der Waals surface area contributed by atoms with Crippen LogP contribution in [-0.2, 0) is 9.84 Å². The largest absolute Gasteiger partial charge is 0.346 e. The van der Waals surface area contributed by atoms with E-state index < -0.39 is 15.4 Å². The van der Waals surface area contributed by atoms with Crippen molar-refractivity contribution in [3.8, 4) is 0 Å². The van der Waals surface area contributed by atoms with Gasteiger partial charge < -0.3 is 5.32 Å². The summed E-state index contributed by atoms with van der Waals surface area (Å²) >= 11 is 3.31. The molecule has 1 fully saturated rings. The molecule has 0 saturated carbocycles. The summed E-state index contributed by atoms with van der Waals surface area (Å²) in [7, 11) is -3.02. The first kappa shape index (κ1) is 13.5. The lowest BCUT2D eigenvalue weighted by Crippen LogP contribution is -2.47. The number of carbonyl (C=O) groups excluding carboxylic acids is 1. The van der Waals surface area contributed by atoms with Gasteiger partial charge in [-0.15, -0.1) is 0 Å². The number of sulfone groups is 1. The molecule has 1 aliphatic heterocycles. The molecule has 4 nitrogen and oxygen atoms in total. The minimum Gasteiger partial charge on any atom is -0.346 e. The predicted octanol–water partition coefficient (Wildman–Crippen LogP) is 1.76. The van der Waals surface area contributed by atoms with Crippen molar-refractivity contribution in [2.24, 2.45) is 0 Å². The Kier molecular flexibility index (Phi) is 3.51. The van der Waals surface area contributed by atoms with Gasteiger partial charge in [0.05, 0.1) is 22.6 Å². The van der Waals surface area contributed by atoms with E-state index in [0.29, 0.717) is 16.5 Å². The van der Waals surface area contributed by atoms with Crippen LogP contribution < -0.4 is 5.32 Å². The van der Waals surface area contributed by atoms with Crippen molar-refractivity contribution in [2.45, 2.75) is 18.9 Å². The number of hydrogen-bond donors (Lipinski definition) is 1. The first-order valence-corrected chi connectivity index (χ1v) is 8.20. The van der Waals surface area contributed by atoms with Gasteiger partial charge in [-0.1, -0.05) is 12.1 Å². The standard InChI is InChI=1S/C12H14BrNO3S/c1-12(6-7-18(16,17)8-12)14-11(15)9-4-2-3-5-10(9)13/h2-5H,6-8H2,1H3,(H,14,15)/t12-/m1/s1. The van der Waals surface area contributed by atoms with Crippen molar-refractivity contribution in [1.29, 1.82) is 0 Å². The molecule has 0 aliphatic carbocycles. The normalized spacial score (nSPS) is 25.9. The second-order valence-corrected chi connectivity index (χ2v) is 7.88. The summed E-state index contributed by atoms with van der Waals surface area (Å²) in [6, 6.07) is 7.07. The Labute approximate surface area is 115 Å². The van der Waals surface area contributed by atoms with Gasteiger partial charge in [-0.25, -0.2) is 8.42 Å². The fourth-order valence-corrected chi connectivity index (χ4v) is 4.65. The second-order valence-electron chi connectivity index (χ2n) is 4.84. The number of amides is 1. The number of nitrogens with one attached hydrogen (secondary N) is 1. The van der Waals surface area contributed by atoms with Gasteiger partial charge in [-0.2, -0.15) is 0 Å². The van der Waals surface area contributed by atoms with Crippen LogP contribution in [0.1, 0.15) is 23.7 Å². The summed E-state index contributed by atoms with van der Waals surface area (Å²) in [5, 5.41) is 2.82. The fourth-order valence-electron chi connectivity index (χ4n) is 2.10. The monoisotopic (exact) mass is 331 g/mol. The van der Waals surface area contributed by atoms with E-state index in [1.54, 1.807) is 25.1 Å². The number of carbonyl (C=O) groups is 1. The van der Waals surface area contributed by atoms with Gasteiger partial charge in [0.25, 0.3) is 5.91 Å². The Hall–Kier alpha value is -0.880. The Morgan fingerprint density at radius 1 is 1.39 bits per heavy atom. The molecule has 0 spiro atoms. The van der Waals surface area contributed by atoms with E-state index in [2.05, 4.69) is 21.2 Å². The number of rotatable bonds is 2. The lowest BCUT2D eigenvalue weighted by molar-refractivity contribution is 0.0914. The maximum atomic E-state index is 12.1. The van der Waals surface area contributed by atoms with Gasteiger partial charge in [0.15, 0.2) is 9.84 Å². The van der Waals surface area contributed by atoms with Gasteiger partial charge in [0, 0.05) is 4.47 Å². The topological polar surface area (TPSA) is 63.2 Å². The number of hydrogen-bond acceptors (Lipinski definition) is 3. The third-order valence-corrected chi connectivity index (χ3v) is 5.63. The summed E-state index contributed by atoms with van der Waals surface area (Å²) in [6.07, 6.45) is 0.464. The highest BCUT2D eigenvalue weighted by atomic mass is 79.9. The molecule has 0 bridgehead atoms. The molecule has 1 heterocycles. The van der Waals surface area contributed by atoms with Crippen molar-refractivity contribution in [3.05, 3.63) is 34.3 Å². The molecule has 1 aliphatic rings. The van der Waals surface area contributed by atoms with E-state index in [4.69, 9.17) is 0 Å². The van der Waals surface area contributed by atoms with E-state index in [0.717, 1.165) is 0 Å². The van der Waals surface area contributed by atoms with Crippen LogP contribution in [0.15, 0.2) is 28.7 Å². The van der Waals surface area contributed by atoms with Gasteiger partial charge in [0.1, 0.15) is 0 Å². The van der Waals surface area contributed by atoms with Crippen LogP contribution in [0.5, 0.6) is 0 Å². The van der Waals surface area contributed by atoms with Gasteiger partial charge >= 0.3 is 0 Å². The first-order chi connectivity index (χ1) is 8.31.